The molecule has 0 bridgehead atoms. The standard InChI is InChI=1S/C13H22N2O4/c1-13(2,3)19-12(18)15-6-8-9(11(16)17)5-14(4)10(8)7-15/h8-10H,5-7H2,1-4H3,(H,16,17). The van der Waals surface area contributed by atoms with Crippen LogP contribution in [0.1, 0.15) is 20.8 Å². The van der Waals surface area contributed by atoms with E-state index in [9.17, 15) is 14.7 Å². The van der Waals surface area contributed by atoms with Crippen molar-refractivity contribution in [1.82, 2.24) is 9.80 Å². The molecule has 2 heterocycles. The molecular formula is C13H22N2O4. The van der Waals surface area contributed by atoms with Gasteiger partial charge in [-0.15, -0.1) is 0 Å². The summed E-state index contributed by atoms with van der Waals surface area (Å²) in [6.07, 6.45) is -0.348. The molecule has 2 fully saturated rings. The molecule has 19 heavy (non-hydrogen) atoms. The summed E-state index contributed by atoms with van der Waals surface area (Å²) in [5.41, 5.74) is -0.521. The second kappa shape index (κ2) is 4.67. The zero-order valence-corrected chi connectivity index (χ0v) is 11.9. The van der Waals surface area contributed by atoms with Gasteiger partial charge >= 0.3 is 12.1 Å². The minimum atomic E-state index is -0.773. The number of aliphatic carboxylic acids is 1. The predicted molar refractivity (Wildman–Crippen MR) is 68.8 cm³/mol. The molecule has 0 aromatic heterocycles. The number of nitrogens with zero attached hydrogens (tertiary/aromatic N) is 2. The number of amides is 1. The van der Waals surface area contributed by atoms with E-state index in [0.29, 0.717) is 19.6 Å². The van der Waals surface area contributed by atoms with Crippen molar-refractivity contribution in [3.63, 3.8) is 0 Å². The summed E-state index contributed by atoms with van der Waals surface area (Å²) >= 11 is 0. The molecule has 3 atom stereocenters. The van der Waals surface area contributed by atoms with Gasteiger partial charge in [0.2, 0.25) is 0 Å². The van der Waals surface area contributed by atoms with Gasteiger partial charge in [0, 0.05) is 31.6 Å². The summed E-state index contributed by atoms with van der Waals surface area (Å²) in [6.45, 7) is 7.07. The Hall–Kier alpha value is -1.30. The number of carboxylic acids is 1. The molecule has 6 nitrogen and oxygen atoms in total. The first kappa shape index (κ1) is 14.1. The lowest BCUT2D eigenvalue weighted by Crippen LogP contribution is -2.39. The van der Waals surface area contributed by atoms with Crippen molar-refractivity contribution in [2.24, 2.45) is 11.8 Å². The van der Waals surface area contributed by atoms with Gasteiger partial charge in [-0.1, -0.05) is 0 Å². The second-order valence-corrected chi connectivity index (χ2v) is 6.50. The Morgan fingerprint density at radius 1 is 1.21 bits per heavy atom. The van der Waals surface area contributed by atoms with E-state index >= 15 is 0 Å². The number of carboxylic acid groups (broad SMARTS) is 1. The van der Waals surface area contributed by atoms with E-state index in [0.717, 1.165) is 0 Å². The number of ether oxygens (including phenoxy) is 1. The molecule has 1 N–H and O–H groups in total. The van der Waals surface area contributed by atoms with Crippen LogP contribution in [-0.2, 0) is 9.53 Å². The van der Waals surface area contributed by atoms with Gasteiger partial charge in [0.15, 0.2) is 0 Å². The average molecular weight is 270 g/mol. The first-order valence-corrected chi connectivity index (χ1v) is 6.60. The Balaban J connectivity index is 2.03. The van der Waals surface area contributed by atoms with Crippen LogP contribution in [0.25, 0.3) is 0 Å². The molecule has 0 spiro atoms. The Morgan fingerprint density at radius 3 is 2.37 bits per heavy atom. The van der Waals surface area contributed by atoms with Crippen LogP contribution >= 0.6 is 0 Å². The molecule has 2 aliphatic rings. The predicted octanol–water partition coefficient (Wildman–Crippen LogP) is 0.868. The second-order valence-electron chi connectivity index (χ2n) is 6.50. The summed E-state index contributed by atoms with van der Waals surface area (Å²) in [4.78, 5) is 26.9. The van der Waals surface area contributed by atoms with E-state index in [2.05, 4.69) is 0 Å². The molecule has 2 aliphatic heterocycles. The van der Waals surface area contributed by atoms with Gasteiger partial charge in [0.05, 0.1) is 5.92 Å². The van der Waals surface area contributed by atoms with Crippen LogP contribution in [-0.4, -0.2) is 65.3 Å². The molecule has 0 aromatic carbocycles. The smallest absolute Gasteiger partial charge is 0.410 e. The van der Waals surface area contributed by atoms with Crippen LogP contribution in [0.4, 0.5) is 4.79 Å². The summed E-state index contributed by atoms with van der Waals surface area (Å²) in [6, 6.07) is 0.133. The fourth-order valence-corrected chi connectivity index (χ4v) is 2.99. The number of hydrogen-bond acceptors (Lipinski definition) is 4. The van der Waals surface area contributed by atoms with Crippen LogP contribution < -0.4 is 0 Å². The summed E-state index contributed by atoms with van der Waals surface area (Å²) in [7, 11) is 1.92. The minimum absolute atomic E-state index is 0.00928. The number of likely N-dealkylation sites (N-methyl/N-ethyl adjacent to an activating group) is 1. The fourth-order valence-electron chi connectivity index (χ4n) is 2.99. The number of hydrogen-bond donors (Lipinski definition) is 1. The van der Waals surface area contributed by atoms with Crippen molar-refractivity contribution in [3.8, 4) is 0 Å². The highest BCUT2D eigenvalue weighted by Crippen LogP contribution is 2.35. The van der Waals surface area contributed by atoms with E-state index in [-0.39, 0.29) is 24.0 Å². The Morgan fingerprint density at radius 2 is 1.84 bits per heavy atom. The third-order valence-corrected chi connectivity index (χ3v) is 3.87. The van der Waals surface area contributed by atoms with Crippen LogP contribution in [0.15, 0.2) is 0 Å². The zero-order chi connectivity index (χ0) is 14.4. The Bertz CT molecular complexity index is 391. The average Bonchev–Trinajstić information content (AvgIpc) is 2.76. The highest BCUT2D eigenvalue weighted by Gasteiger charge is 2.50. The fraction of sp³-hybridized carbons (Fsp3) is 0.846. The quantitative estimate of drug-likeness (QED) is 0.765. The normalized spacial score (nSPS) is 31.4. The monoisotopic (exact) mass is 270 g/mol. The van der Waals surface area contributed by atoms with Crippen LogP contribution in [0, 0.1) is 11.8 Å². The molecule has 0 saturated carbocycles. The van der Waals surface area contributed by atoms with Gasteiger partial charge in [-0.25, -0.2) is 4.79 Å². The minimum Gasteiger partial charge on any atom is -0.481 e. The third kappa shape index (κ3) is 2.83. The van der Waals surface area contributed by atoms with Crippen LogP contribution in [0.3, 0.4) is 0 Å². The van der Waals surface area contributed by atoms with Gasteiger partial charge in [0.25, 0.3) is 0 Å². The first-order chi connectivity index (χ1) is 8.69. The van der Waals surface area contributed by atoms with Crippen molar-refractivity contribution in [2.75, 3.05) is 26.7 Å². The van der Waals surface area contributed by atoms with E-state index in [1.165, 1.54) is 0 Å². The van der Waals surface area contributed by atoms with Crippen molar-refractivity contribution in [2.45, 2.75) is 32.4 Å². The van der Waals surface area contributed by atoms with Crippen molar-refractivity contribution in [1.29, 1.82) is 0 Å². The van der Waals surface area contributed by atoms with E-state index < -0.39 is 11.6 Å². The van der Waals surface area contributed by atoms with Crippen molar-refractivity contribution < 1.29 is 19.4 Å². The maximum Gasteiger partial charge on any atom is 0.410 e. The van der Waals surface area contributed by atoms with Crippen LogP contribution in [0.5, 0.6) is 0 Å². The molecule has 2 rings (SSSR count). The lowest BCUT2D eigenvalue weighted by Gasteiger charge is -2.26. The zero-order valence-electron chi connectivity index (χ0n) is 11.9. The van der Waals surface area contributed by atoms with Crippen LogP contribution in [0.2, 0.25) is 0 Å². The number of carbonyl (C=O) groups is 2. The topological polar surface area (TPSA) is 70.1 Å². The molecule has 0 aliphatic carbocycles. The van der Waals surface area contributed by atoms with E-state index in [4.69, 9.17) is 4.74 Å². The molecule has 6 heteroatoms. The Labute approximate surface area is 113 Å². The summed E-state index contributed by atoms with van der Waals surface area (Å²) in [5.74, 6) is -1.15. The van der Waals surface area contributed by atoms with Gasteiger partial charge in [-0.3, -0.25) is 4.79 Å². The number of carbonyl (C=O) groups excluding carboxylic acids is 1. The molecular weight excluding hydrogens is 248 g/mol. The van der Waals surface area contributed by atoms with E-state index in [1.54, 1.807) is 4.90 Å². The van der Waals surface area contributed by atoms with Crippen molar-refractivity contribution in [3.05, 3.63) is 0 Å². The number of likely N-dealkylation sites (tertiary alicyclic amines) is 2. The highest BCUT2D eigenvalue weighted by molar-refractivity contribution is 5.73. The first-order valence-electron chi connectivity index (χ1n) is 6.60. The maximum atomic E-state index is 12.0. The molecule has 108 valence electrons. The SMILES string of the molecule is CN1CC(C(=O)O)C2CN(C(=O)OC(C)(C)C)CC21. The Kier molecular flexibility index (Phi) is 3.47. The number of rotatable bonds is 1. The van der Waals surface area contributed by atoms with Gasteiger partial charge < -0.3 is 19.6 Å². The summed E-state index contributed by atoms with van der Waals surface area (Å²) < 4.78 is 5.34. The molecule has 2 saturated heterocycles. The molecule has 0 radical (unpaired) electrons. The molecule has 1 amide bonds. The van der Waals surface area contributed by atoms with Gasteiger partial charge in [-0.2, -0.15) is 0 Å². The summed E-state index contributed by atoms with van der Waals surface area (Å²) in [5, 5.41) is 9.23. The third-order valence-electron chi connectivity index (χ3n) is 3.87. The van der Waals surface area contributed by atoms with Crippen molar-refractivity contribution >= 4 is 12.1 Å². The lowest BCUT2D eigenvalue weighted by molar-refractivity contribution is -0.142. The lowest BCUT2D eigenvalue weighted by atomic mass is 9.93. The maximum absolute atomic E-state index is 12.0. The number of fused-ring (bicyclic) bond motifs is 1. The van der Waals surface area contributed by atoms with E-state index in [1.807, 2.05) is 32.7 Å². The molecule has 0 aromatic rings. The largest absolute Gasteiger partial charge is 0.481 e. The van der Waals surface area contributed by atoms with Gasteiger partial charge in [-0.05, 0) is 27.8 Å². The molecule has 3 unspecified atom stereocenters. The highest BCUT2D eigenvalue weighted by atomic mass is 16.6. The van der Waals surface area contributed by atoms with Gasteiger partial charge in [0.1, 0.15) is 5.60 Å².